The molecule has 1 amide bonds. The SMILES string of the molecule is Cc1ccc(S(=O)(=O)NCc2ccccc2)cc1C(=O)NC1CCCC1. The molecule has 2 N–H and O–H groups in total. The molecule has 2 aromatic rings. The van der Waals surface area contributed by atoms with Gasteiger partial charge in [0.05, 0.1) is 4.90 Å². The second-order valence-electron chi connectivity index (χ2n) is 6.74. The Morgan fingerprint density at radius 2 is 1.77 bits per heavy atom. The molecular formula is C20H24N2O3S. The van der Waals surface area contributed by atoms with Gasteiger partial charge in [-0.25, -0.2) is 13.1 Å². The number of amides is 1. The quantitative estimate of drug-likeness (QED) is 0.818. The summed E-state index contributed by atoms with van der Waals surface area (Å²) in [5, 5.41) is 3.02. The number of benzene rings is 2. The standard InChI is InChI=1S/C20H24N2O3S/c1-15-11-12-18(13-19(15)20(23)22-17-9-5-6-10-17)26(24,25)21-14-16-7-3-2-4-8-16/h2-4,7-8,11-13,17,21H,5-6,9-10,14H2,1H3,(H,22,23). The van der Waals surface area contributed by atoms with Crippen molar-refractivity contribution in [1.82, 2.24) is 10.0 Å². The number of hydrogen-bond donors (Lipinski definition) is 2. The summed E-state index contributed by atoms with van der Waals surface area (Å²) < 4.78 is 27.8. The van der Waals surface area contributed by atoms with E-state index in [0.717, 1.165) is 36.8 Å². The van der Waals surface area contributed by atoms with Crippen molar-refractivity contribution >= 4 is 15.9 Å². The molecule has 0 saturated heterocycles. The van der Waals surface area contributed by atoms with Gasteiger partial charge in [-0.05, 0) is 43.0 Å². The minimum absolute atomic E-state index is 0.107. The zero-order valence-electron chi connectivity index (χ0n) is 14.9. The molecule has 2 aromatic carbocycles. The molecule has 0 unspecified atom stereocenters. The van der Waals surface area contributed by atoms with E-state index in [9.17, 15) is 13.2 Å². The minimum atomic E-state index is -3.69. The maximum Gasteiger partial charge on any atom is 0.251 e. The Morgan fingerprint density at radius 1 is 1.08 bits per heavy atom. The Labute approximate surface area is 154 Å². The number of hydrogen-bond acceptors (Lipinski definition) is 3. The van der Waals surface area contributed by atoms with Crippen LogP contribution in [-0.2, 0) is 16.6 Å². The average molecular weight is 372 g/mol. The fraction of sp³-hybridized carbons (Fsp3) is 0.350. The Kier molecular flexibility index (Phi) is 5.74. The molecular weight excluding hydrogens is 348 g/mol. The van der Waals surface area contributed by atoms with Crippen molar-refractivity contribution in [3.8, 4) is 0 Å². The van der Waals surface area contributed by atoms with Crippen LogP contribution in [0.5, 0.6) is 0 Å². The molecule has 1 fully saturated rings. The van der Waals surface area contributed by atoms with E-state index in [0.29, 0.717) is 5.56 Å². The maximum atomic E-state index is 12.6. The van der Waals surface area contributed by atoms with Crippen LogP contribution in [0.1, 0.15) is 47.2 Å². The van der Waals surface area contributed by atoms with Gasteiger partial charge in [-0.15, -0.1) is 0 Å². The number of nitrogens with one attached hydrogen (secondary N) is 2. The number of carbonyl (C=O) groups is 1. The summed E-state index contributed by atoms with van der Waals surface area (Å²) in [6.45, 7) is 2.03. The Bertz CT molecular complexity index is 873. The van der Waals surface area contributed by atoms with E-state index in [1.165, 1.54) is 12.1 Å². The van der Waals surface area contributed by atoms with Gasteiger partial charge in [0.1, 0.15) is 0 Å². The molecule has 0 aromatic heterocycles. The van der Waals surface area contributed by atoms with E-state index >= 15 is 0 Å². The summed E-state index contributed by atoms with van der Waals surface area (Å²) in [6.07, 6.45) is 4.23. The molecule has 138 valence electrons. The summed E-state index contributed by atoms with van der Waals surface area (Å²) in [7, 11) is -3.69. The molecule has 0 bridgehead atoms. The fourth-order valence-electron chi connectivity index (χ4n) is 3.20. The van der Waals surface area contributed by atoms with Crippen LogP contribution in [-0.4, -0.2) is 20.4 Å². The molecule has 6 heteroatoms. The lowest BCUT2D eigenvalue weighted by atomic mass is 10.1. The van der Waals surface area contributed by atoms with Gasteiger partial charge < -0.3 is 5.32 Å². The van der Waals surface area contributed by atoms with Crippen LogP contribution in [0.3, 0.4) is 0 Å². The highest BCUT2D eigenvalue weighted by atomic mass is 32.2. The van der Waals surface area contributed by atoms with E-state index in [4.69, 9.17) is 0 Å². The predicted molar refractivity (Wildman–Crippen MR) is 101 cm³/mol. The second kappa shape index (κ2) is 8.01. The van der Waals surface area contributed by atoms with Crippen molar-refractivity contribution in [1.29, 1.82) is 0 Å². The summed E-state index contributed by atoms with van der Waals surface area (Å²) in [6, 6.07) is 14.2. The van der Waals surface area contributed by atoms with Crippen molar-refractivity contribution in [2.45, 2.75) is 50.1 Å². The smallest absolute Gasteiger partial charge is 0.251 e. The minimum Gasteiger partial charge on any atom is -0.349 e. The van der Waals surface area contributed by atoms with Crippen LogP contribution in [0.15, 0.2) is 53.4 Å². The van der Waals surface area contributed by atoms with Crippen molar-refractivity contribution < 1.29 is 13.2 Å². The first kappa shape index (κ1) is 18.6. The highest BCUT2D eigenvalue weighted by Gasteiger charge is 2.21. The first-order valence-corrected chi connectivity index (χ1v) is 10.4. The van der Waals surface area contributed by atoms with Crippen molar-refractivity contribution in [3.63, 3.8) is 0 Å². The van der Waals surface area contributed by atoms with E-state index in [2.05, 4.69) is 10.0 Å². The van der Waals surface area contributed by atoms with Gasteiger partial charge in [-0.2, -0.15) is 0 Å². The molecule has 5 nitrogen and oxygen atoms in total. The van der Waals surface area contributed by atoms with Gasteiger partial charge in [0, 0.05) is 18.2 Å². The number of rotatable bonds is 6. The normalized spacial score (nSPS) is 15.1. The van der Waals surface area contributed by atoms with Crippen LogP contribution in [0.25, 0.3) is 0 Å². The maximum absolute atomic E-state index is 12.6. The van der Waals surface area contributed by atoms with E-state index in [1.54, 1.807) is 6.07 Å². The summed E-state index contributed by atoms with van der Waals surface area (Å²) >= 11 is 0. The third-order valence-electron chi connectivity index (χ3n) is 4.76. The zero-order valence-corrected chi connectivity index (χ0v) is 15.7. The predicted octanol–water partition coefficient (Wildman–Crippen LogP) is 3.15. The lowest BCUT2D eigenvalue weighted by molar-refractivity contribution is 0.0937. The zero-order chi connectivity index (χ0) is 18.6. The molecule has 3 rings (SSSR count). The Morgan fingerprint density at radius 3 is 2.46 bits per heavy atom. The molecule has 0 spiro atoms. The molecule has 1 aliphatic rings. The lowest BCUT2D eigenvalue weighted by Crippen LogP contribution is -2.33. The molecule has 0 radical (unpaired) electrons. The van der Waals surface area contributed by atoms with Crippen LogP contribution >= 0.6 is 0 Å². The van der Waals surface area contributed by atoms with Gasteiger partial charge in [0.15, 0.2) is 0 Å². The van der Waals surface area contributed by atoms with E-state index in [1.807, 2.05) is 37.3 Å². The summed E-state index contributed by atoms with van der Waals surface area (Å²) in [5.74, 6) is -0.200. The van der Waals surface area contributed by atoms with E-state index < -0.39 is 10.0 Å². The fourth-order valence-corrected chi connectivity index (χ4v) is 4.25. The first-order chi connectivity index (χ1) is 12.5. The second-order valence-corrected chi connectivity index (χ2v) is 8.51. The summed E-state index contributed by atoms with van der Waals surface area (Å²) in [5.41, 5.74) is 2.06. The van der Waals surface area contributed by atoms with Crippen LogP contribution in [0, 0.1) is 6.92 Å². The Hall–Kier alpha value is -2.18. The molecule has 1 aliphatic carbocycles. The van der Waals surface area contributed by atoms with Gasteiger partial charge in [-0.1, -0.05) is 49.2 Å². The van der Waals surface area contributed by atoms with Crippen LogP contribution in [0.4, 0.5) is 0 Å². The lowest BCUT2D eigenvalue weighted by Gasteiger charge is -2.14. The van der Waals surface area contributed by atoms with Gasteiger partial charge in [0.25, 0.3) is 5.91 Å². The van der Waals surface area contributed by atoms with Crippen molar-refractivity contribution in [3.05, 3.63) is 65.2 Å². The van der Waals surface area contributed by atoms with Gasteiger partial charge in [0.2, 0.25) is 10.0 Å². The molecule has 1 saturated carbocycles. The molecule has 0 aliphatic heterocycles. The third-order valence-corrected chi connectivity index (χ3v) is 6.16. The highest BCUT2D eigenvalue weighted by Crippen LogP contribution is 2.20. The molecule has 26 heavy (non-hydrogen) atoms. The largest absolute Gasteiger partial charge is 0.349 e. The van der Waals surface area contributed by atoms with Crippen molar-refractivity contribution in [2.75, 3.05) is 0 Å². The average Bonchev–Trinajstić information content (AvgIpc) is 3.14. The number of sulfonamides is 1. The highest BCUT2D eigenvalue weighted by molar-refractivity contribution is 7.89. The topological polar surface area (TPSA) is 75.3 Å². The molecule has 0 atom stereocenters. The number of carbonyl (C=O) groups excluding carboxylic acids is 1. The van der Waals surface area contributed by atoms with Gasteiger partial charge >= 0.3 is 0 Å². The van der Waals surface area contributed by atoms with Crippen molar-refractivity contribution in [2.24, 2.45) is 0 Å². The number of aryl methyl sites for hydroxylation is 1. The van der Waals surface area contributed by atoms with Gasteiger partial charge in [-0.3, -0.25) is 4.79 Å². The molecule has 0 heterocycles. The first-order valence-electron chi connectivity index (χ1n) is 8.91. The Balaban J connectivity index is 1.75. The van der Waals surface area contributed by atoms with Crippen LogP contribution < -0.4 is 10.0 Å². The monoisotopic (exact) mass is 372 g/mol. The third kappa shape index (κ3) is 4.51. The summed E-state index contributed by atoms with van der Waals surface area (Å²) in [4.78, 5) is 12.7. The van der Waals surface area contributed by atoms with E-state index in [-0.39, 0.29) is 23.4 Å². The van der Waals surface area contributed by atoms with Crippen LogP contribution in [0.2, 0.25) is 0 Å².